The highest BCUT2D eigenvalue weighted by atomic mass is 19.3. The van der Waals surface area contributed by atoms with Crippen LogP contribution in [0, 0.1) is 5.92 Å². The van der Waals surface area contributed by atoms with E-state index in [2.05, 4.69) is 0 Å². The third kappa shape index (κ3) is 2.84. The molecule has 4 heteroatoms. The van der Waals surface area contributed by atoms with Crippen molar-refractivity contribution < 1.29 is 17.6 Å². The molecule has 0 aliphatic rings. The van der Waals surface area contributed by atoms with Crippen molar-refractivity contribution in [1.82, 2.24) is 0 Å². The van der Waals surface area contributed by atoms with Gasteiger partial charge in [0.15, 0.2) is 0 Å². The molecule has 114 valence electrons. The Labute approximate surface area is 118 Å². The number of hydrogen-bond acceptors (Lipinski definition) is 0. The maximum Gasteiger partial charge on any atom is 0.290 e. The first kappa shape index (κ1) is 17.0. The van der Waals surface area contributed by atoms with Gasteiger partial charge in [0, 0.05) is 5.92 Å². The number of rotatable bonds is 6. The van der Waals surface area contributed by atoms with Crippen LogP contribution in [0.5, 0.6) is 0 Å². The van der Waals surface area contributed by atoms with Crippen molar-refractivity contribution in [3.05, 3.63) is 35.4 Å². The third-order valence-electron chi connectivity index (χ3n) is 3.98. The minimum Gasteiger partial charge on any atom is -0.247 e. The van der Waals surface area contributed by atoms with E-state index in [4.69, 9.17) is 0 Å². The number of benzene rings is 1. The largest absolute Gasteiger partial charge is 0.290 e. The molecular weight excluding hydrogens is 268 g/mol. The Morgan fingerprint density at radius 3 is 1.85 bits per heavy atom. The summed E-state index contributed by atoms with van der Waals surface area (Å²) in [5.41, 5.74) is -2.66. The molecule has 1 aromatic carbocycles. The number of alkyl halides is 4. The second-order valence-electron chi connectivity index (χ2n) is 5.64. The predicted octanol–water partition coefficient (Wildman–Crippen LogP) is 5.63. The van der Waals surface area contributed by atoms with Crippen molar-refractivity contribution in [2.24, 2.45) is 5.92 Å². The fourth-order valence-electron chi connectivity index (χ4n) is 2.14. The lowest BCUT2D eigenvalue weighted by Crippen LogP contribution is -2.48. The molecule has 0 N–H and O–H groups in total. The molecule has 0 aromatic heterocycles. The van der Waals surface area contributed by atoms with Gasteiger partial charge in [0.25, 0.3) is 5.92 Å². The van der Waals surface area contributed by atoms with Gasteiger partial charge >= 0.3 is 0 Å². The predicted molar refractivity (Wildman–Crippen MR) is 73.7 cm³/mol. The summed E-state index contributed by atoms with van der Waals surface area (Å²) >= 11 is 0. The van der Waals surface area contributed by atoms with Crippen LogP contribution in [0.2, 0.25) is 0 Å². The van der Waals surface area contributed by atoms with Crippen molar-refractivity contribution in [3.63, 3.8) is 0 Å². The van der Waals surface area contributed by atoms with Gasteiger partial charge in [0.2, 0.25) is 5.67 Å². The highest BCUT2D eigenvalue weighted by molar-refractivity contribution is 5.31. The molecule has 1 rings (SSSR count). The van der Waals surface area contributed by atoms with Gasteiger partial charge in [-0.25, -0.2) is 17.6 Å². The van der Waals surface area contributed by atoms with Crippen LogP contribution in [-0.4, -0.2) is 12.6 Å². The number of hydrogen-bond donors (Lipinski definition) is 0. The van der Waals surface area contributed by atoms with Crippen LogP contribution in [0.25, 0.3) is 0 Å². The first-order chi connectivity index (χ1) is 9.20. The summed E-state index contributed by atoms with van der Waals surface area (Å²) in [5, 5.41) is 0. The molecule has 0 amide bonds. The first-order valence-corrected chi connectivity index (χ1v) is 6.93. The van der Waals surface area contributed by atoms with Crippen molar-refractivity contribution in [3.8, 4) is 0 Å². The molecule has 0 spiro atoms. The van der Waals surface area contributed by atoms with Gasteiger partial charge in [-0.2, -0.15) is 0 Å². The van der Waals surface area contributed by atoms with Gasteiger partial charge in [-0.3, -0.25) is 0 Å². The smallest absolute Gasteiger partial charge is 0.247 e. The van der Waals surface area contributed by atoms with E-state index in [0.717, 1.165) is 5.56 Å². The molecule has 2 unspecified atom stereocenters. The summed E-state index contributed by atoms with van der Waals surface area (Å²) in [6, 6.07) is 5.70. The molecule has 0 radical (unpaired) electrons. The Morgan fingerprint density at radius 2 is 1.50 bits per heavy atom. The van der Waals surface area contributed by atoms with Gasteiger partial charge in [-0.05, 0) is 23.5 Å². The van der Waals surface area contributed by atoms with Crippen molar-refractivity contribution in [2.45, 2.75) is 51.6 Å². The maximum atomic E-state index is 14.7. The minimum atomic E-state index is -3.74. The zero-order valence-corrected chi connectivity index (χ0v) is 12.4. The van der Waals surface area contributed by atoms with Crippen LogP contribution in [0.1, 0.15) is 51.2 Å². The second-order valence-corrected chi connectivity index (χ2v) is 5.64. The second kappa shape index (κ2) is 6.15. The third-order valence-corrected chi connectivity index (χ3v) is 3.98. The van der Waals surface area contributed by atoms with E-state index in [1.54, 1.807) is 19.1 Å². The van der Waals surface area contributed by atoms with Crippen molar-refractivity contribution >= 4 is 0 Å². The van der Waals surface area contributed by atoms with Crippen LogP contribution < -0.4 is 0 Å². The summed E-state index contributed by atoms with van der Waals surface area (Å²) in [4.78, 5) is 0. The van der Waals surface area contributed by atoms with Crippen LogP contribution in [0.4, 0.5) is 17.6 Å². The number of halogens is 4. The summed E-state index contributed by atoms with van der Waals surface area (Å²) in [6.45, 7) is 4.94. The molecule has 2 atom stereocenters. The highest BCUT2D eigenvalue weighted by Crippen LogP contribution is 2.47. The SMILES string of the molecule is CCC(C)C(F)(F)C(F)(CF)c1ccc(C(C)C)cc1. The van der Waals surface area contributed by atoms with Gasteiger partial charge in [-0.15, -0.1) is 0 Å². The lowest BCUT2D eigenvalue weighted by molar-refractivity contribution is -0.184. The molecule has 0 aliphatic carbocycles. The Kier molecular flexibility index (Phi) is 5.22. The Bertz CT molecular complexity index is 425. The van der Waals surface area contributed by atoms with Crippen LogP contribution in [0.3, 0.4) is 0 Å². The van der Waals surface area contributed by atoms with Gasteiger partial charge in [-0.1, -0.05) is 52.0 Å². The van der Waals surface area contributed by atoms with E-state index in [9.17, 15) is 17.6 Å². The lowest BCUT2D eigenvalue weighted by atomic mass is 9.82. The average Bonchev–Trinajstić information content (AvgIpc) is 2.45. The maximum absolute atomic E-state index is 14.7. The Morgan fingerprint density at radius 1 is 1.00 bits per heavy atom. The normalized spacial score (nSPS) is 17.1. The molecule has 0 aliphatic heterocycles. The van der Waals surface area contributed by atoms with Gasteiger partial charge in [0.1, 0.15) is 6.67 Å². The molecule has 0 fully saturated rings. The summed E-state index contributed by atoms with van der Waals surface area (Å²) in [7, 11) is 0. The molecule has 1 aromatic rings. The van der Waals surface area contributed by atoms with Crippen molar-refractivity contribution in [1.29, 1.82) is 0 Å². The zero-order chi connectivity index (χ0) is 15.6. The monoisotopic (exact) mass is 290 g/mol. The molecule has 0 nitrogen and oxygen atoms in total. The van der Waals surface area contributed by atoms with E-state index in [1.807, 2.05) is 13.8 Å². The zero-order valence-electron chi connectivity index (χ0n) is 12.4. The molecule has 0 saturated carbocycles. The van der Waals surface area contributed by atoms with E-state index in [1.165, 1.54) is 19.1 Å². The van der Waals surface area contributed by atoms with Crippen LogP contribution in [0.15, 0.2) is 24.3 Å². The lowest BCUT2D eigenvalue weighted by Gasteiger charge is -2.35. The van der Waals surface area contributed by atoms with Crippen LogP contribution in [-0.2, 0) is 5.67 Å². The van der Waals surface area contributed by atoms with Gasteiger partial charge in [0.05, 0.1) is 0 Å². The molecule has 0 bridgehead atoms. The summed E-state index contributed by atoms with van der Waals surface area (Å²) < 4.78 is 56.2. The van der Waals surface area contributed by atoms with Gasteiger partial charge < -0.3 is 0 Å². The van der Waals surface area contributed by atoms with E-state index >= 15 is 0 Å². The fourth-order valence-corrected chi connectivity index (χ4v) is 2.14. The highest BCUT2D eigenvalue weighted by Gasteiger charge is 2.58. The summed E-state index contributed by atoms with van der Waals surface area (Å²) in [6.07, 6.45) is 0.0861. The van der Waals surface area contributed by atoms with E-state index in [0.29, 0.717) is 0 Å². The quantitative estimate of drug-likeness (QED) is 0.596. The van der Waals surface area contributed by atoms with E-state index in [-0.39, 0.29) is 17.9 Å². The van der Waals surface area contributed by atoms with E-state index < -0.39 is 24.2 Å². The minimum absolute atomic E-state index is 0.0861. The molecule has 20 heavy (non-hydrogen) atoms. The fraction of sp³-hybridized carbons (Fsp3) is 0.625. The van der Waals surface area contributed by atoms with Crippen molar-refractivity contribution in [2.75, 3.05) is 6.67 Å². The van der Waals surface area contributed by atoms with Crippen LogP contribution >= 0.6 is 0 Å². The topological polar surface area (TPSA) is 0 Å². The molecule has 0 heterocycles. The Balaban J connectivity index is 3.22. The summed E-state index contributed by atoms with van der Waals surface area (Å²) in [5.74, 6) is -4.76. The molecular formula is C16H22F4. The molecule has 0 saturated heterocycles. The Hall–Kier alpha value is -1.06. The average molecular weight is 290 g/mol. The standard InChI is InChI=1S/C16H22F4/c1-5-12(4)16(19,20)15(18,10-17)14-8-6-13(7-9-14)11(2)3/h6-9,11-12H,5,10H2,1-4H3. The first-order valence-electron chi connectivity index (χ1n) is 6.93.